The summed E-state index contributed by atoms with van der Waals surface area (Å²) in [6.45, 7) is 0. The predicted molar refractivity (Wildman–Crippen MR) is 78.2 cm³/mol. The average Bonchev–Trinajstić information content (AvgIpc) is 2.47. The predicted octanol–water partition coefficient (Wildman–Crippen LogP) is 2.47. The number of carbonyl (C=O) groups excluding carboxylic acids is 1. The van der Waals surface area contributed by atoms with Crippen LogP contribution >= 0.6 is 0 Å². The number of hydrogen-bond acceptors (Lipinski definition) is 3. The molecular formula is C16H17N3O. The lowest BCUT2D eigenvalue weighted by atomic mass is 9.87. The number of anilines is 1. The van der Waals surface area contributed by atoms with Crippen LogP contribution in [0.5, 0.6) is 0 Å². The molecule has 0 saturated carbocycles. The van der Waals surface area contributed by atoms with E-state index in [0.717, 1.165) is 19.3 Å². The Morgan fingerprint density at radius 2 is 2.05 bits per heavy atom. The van der Waals surface area contributed by atoms with E-state index in [0.29, 0.717) is 11.5 Å². The Hall–Kier alpha value is -2.36. The van der Waals surface area contributed by atoms with Gasteiger partial charge in [-0.25, -0.2) is 4.98 Å². The quantitative estimate of drug-likeness (QED) is 0.878. The fourth-order valence-electron chi connectivity index (χ4n) is 2.71. The molecule has 1 aliphatic rings. The molecule has 1 unspecified atom stereocenters. The van der Waals surface area contributed by atoms with Crippen molar-refractivity contribution in [2.75, 3.05) is 5.73 Å². The second-order valence-electron chi connectivity index (χ2n) is 5.06. The van der Waals surface area contributed by atoms with Crippen LogP contribution in [0, 0.1) is 0 Å². The Labute approximate surface area is 118 Å². The van der Waals surface area contributed by atoms with Crippen LogP contribution in [0.2, 0.25) is 0 Å². The molecule has 102 valence electrons. The second-order valence-corrected chi connectivity index (χ2v) is 5.06. The third-order valence-electron chi connectivity index (χ3n) is 3.68. The zero-order chi connectivity index (χ0) is 13.9. The van der Waals surface area contributed by atoms with Crippen molar-refractivity contribution in [1.29, 1.82) is 0 Å². The van der Waals surface area contributed by atoms with Gasteiger partial charge in [-0.05, 0) is 42.5 Å². The van der Waals surface area contributed by atoms with Crippen molar-refractivity contribution in [3.8, 4) is 0 Å². The van der Waals surface area contributed by atoms with Gasteiger partial charge in [0.2, 0.25) is 0 Å². The van der Waals surface area contributed by atoms with Crippen molar-refractivity contribution >= 4 is 11.7 Å². The minimum absolute atomic E-state index is 0.0654. The summed E-state index contributed by atoms with van der Waals surface area (Å²) in [4.78, 5) is 16.3. The first kappa shape index (κ1) is 12.7. The third kappa shape index (κ3) is 2.50. The van der Waals surface area contributed by atoms with Crippen molar-refractivity contribution in [2.24, 2.45) is 0 Å². The van der Waals surface area contributed by atoms with Crippen LogP contribution in [-0.2, 0) is 6.42 Å². The van der Waals surface area contributed by atoms with Gasteiger partial charge in [-0.3, -0.25) is 4.79 Å². The van der Waals surface area contributed by atoms with Crippen LogP contribution in [0.4, 0.5) is 5.82 Å². The van der Waals surface area contributed by atoms with Crippen LogP contribution in [0.3, 0.4) is 0 Å². The molecule has 0 radical (unpaired) electrons. The van der Waals surface area contributed by atoms with Crippen molar-refractivity contribution in [1.82, 2.24) is 10.3 Å². The summed E-state index contributed by atoms with van der Waals surface area (Å²) >= 11 is 0. The number of pyridine rings is 1. The van der Waals surface area contributed by atoms with Crippen molar-refractivity contribution < 1.29 is 4.79 Å². The second kappa shape index (κ2) is 5.33. The molecule has 0 bridgehead atoms. The maximum atomic E-state index is 12.2. The fourth-order valence-corrected chi connectivity index (χ4v) is 2.71. The fraction of sp³-hybridized carbons (Fsp3) is 0.250. The highest BCUT2D eigenvalue weighted by Gasteiger charge is 2.22. The lowest BCUT2D eigenvalue weighted by molar-refractivity contribution is 0.0928. The molecule has 2 aromatic rings. The number of fused-ring (bicyclic) bond motifs is 1. The van der Waals surface area contributed by atoms with Crippen molar-refractivity contribution in [3.05, 3.63) is 59.3 Å². The van der Waals surface area contributed by atoms with Crippen LogP contribution in [0.1, 0.15) is 40.5 Å². The standard InChI is InChI=1S/C16H17N3O/c17-15-10-4-9-14(18-15)16(20)19-13-8-3-6-11-5-1-2-7-12(11)13/h1-2,4-5,7,9-10,13H,3,6,8H2,(H2,17,18)(H,19,20). The largest absolute Gasteiger partial charge is 0.384 e. The van der Waals surface area contributed by atoms with Gasteiger partial charge in [-0.15, -0.1) is 0 Å². The number of hydrogen-bond donors (Lipinski definition) is 2. The zero-order valence-corrected chi connectivity index (χ0v) is 11.2. The summed E-state index contributed by atoms with van der Waals surface area (Å²) < 4.78 is 0. The molecule has 3 rings (SSSR count). The van der Waals surface area contributed by atoms with E-state index >= 15 is 0 Å². The SMILES string of the molecule is Nc1cccc(C(=O)NC2CCCc3ccccc32)n1. The number of nitrogens with one attached hydrogen (secondary N) is 1. The molecule has 3 N–H and O–H groups in total. The van der Waals surface area contributed by atoms with Gasteiger partial charge in [0.15, 0.2) is 0 Å². The zero-order valence-electron chi connectivity index (χ0n) is 11.2. The molecule has 1 aromatic heterocycles. The molecule has 0 spiro atoms. The minimum atomic E-state index is -0.168. The Morgan fingerprint density at radius 3 is 2.90 bits per heavy atom. The number of benzene rings is 1. The highest BCUT2D eigenvalue weighted by molar-refractivity contribution is 5.92. The molecule has 1 aromatic carbocycles. The molecular weight excluding hydrogens is 250 g/mol. The number of aromatic nitrogens is 1. The molecule has 4 nitrogen and oxygen atoms in total. The van der Waals surface area contributed by atoms with Crippen molar-refractivity contribution in [2.45, 2.75) is 25.3 Å². The molecule has 20 heavy (non-hydrogen) atoms. The smallest absolute Gasteiger partial charge is 0.270 e. The summed E-state index contributed by atoms with van der Waals surface area (Å²) in [5, 5.41) is 3.06. The van der Waals surface area contributed by atoms with E-state index in [1.165, 1.54) is 11.1 Å². The topological polar surface area (TPSA) is 68.0 Å². The molecule has 1 heterocycles. The van der Waals surface area contributed by atoms with E-state index in [-0.39, 0.29) is 11.9 Å². The van der Waals surface area contributed by atoms with Gasteiger partial charge in [-0.1, -0.05) is 30.3 Å². The molecule has 1 atom stereocenters. The number of rotatable bonds is 2. The number of amides is 1. The van der Waals surface area contributed by atoms with Gasteiger partial charge in [0.25, 0.3) is 5.91 Å². The van der Waals surface area contributed by atoms with Crippen LogP contribution < -0.4 is 11.1 Å². The highest BCUT2D eigenvalue weighted by Crippen LogP contribution is 2.29. The summed E-state index contributed by atoms with van der Waals surface area (Å²) in [6, 6.07) is 13.4. The first-order chi connectivity index (χ1) is 9.74. The number of nitrogen functional groups attached to an aromatic ring is 1. The van der Waals surface area contributed by atoms with Crippen LogP contribution in [0.15, 0.2) is 42.5 Å². The van der Waals surface area contributed by atoms with Gasteiger partial charge < -0.3 is 11.1 Å². The Kier molecular flexibility index (Phi) is 3.37. The summed E-state index contributed by atoms with van der Waals surface area (Å²) in [5.74, 6) is 0.195. The van der Waals surface area contributed by atoms with Gasteiger partial charge in [-0.2, -0.15) is 0 Å². The monoisotopic (exact) mass is 267 g/mol. The Morgan fingerprint density at radius 1 is 1.20 bits per heavy atom. The summed E-state index contributed by atoms with van der Waals surface area (Å²) in [6.07, 6.45) is 3.14. The first-order valence-corrected chi connectivity index (χ1v) is 6.85. The molecule has 0 fully saturated rings. The van der Waals surface area contributed by atoms with Gasteiger partial charge in [0, 0.05) is 0 Å². The summed E-state index contributed by atoms with van der Waals surface area (Å²) in [5.41, 5.74) is 8.53. The van der Waals surface area contributed by atoms with E-state index in [9.17, 15) is 4.79 Å². The minimum Gasteiger partial charge on any atom is -0.384 e. The van der Waals surface area contributed by atoms with E-state index in [1.54, 1.807) is 18.2 Å². The van der Waals surface area contributed by atoms with Crippen LogP contribution in [-0.4, -0.2) is 10.9 Å². The maximum Gasteiger partial charge on any atom is 0.270 e. The van der Waals surface area contributed by atoms with Crippen molar-refractivity contribution in [3.63, 3.8) is 0 Å². The van der Waals surface area contributed by atoms with Gasteiger partial charge in [0.1, 0.15) is 11.5 Å². The lowest BCUT2D eigenvalue weighted by Gasteiger charge is -2.26. The number of nitrogens with zero attached hydrogens (tertiary/aromatic N) is 1. The Bertz CT molecular complexity index is 639. The lowest BCUT2D eigenvalue weighted by Crippen LogP contribution is -2.31. The Balaban J connectivity index is 1.81. The molecule has 0 aliphatic heterocycles. The van der Waals surface area contributed by atoms with E-state index in [1.807, 2.05) is 12.1 Å². The number of nitrogens with two attached hydrogens (primary N) is 1. The number of aryl methyl sites for hydroxylation is 1. The third-order valence-corrected chi connectivity index (χ3v) is 3.68. The molecule has 1 amide bonds. The molecule has 4 heteroatoms. The molecule has 1 aliphatic carbocycles. The summed E-state index contributed by atoms with van der Waals surface area (Å²) in [7, 11) is 0. The maximum absolute atomic E-state index is 12.2. The first-order valence-electron chi connectivity index (χ1n) is 6.85. The normalized spacial score (nSPS) is 17.3. The highest BCUT2D eigenvalue weighted by atomic mass is 16.1. The van der Waals surface area contributed by atoms with Crippen LogP contribution in [0.25, 0.3) is 0 Å². The van der Waals surface area contributed by atoms with Gasteiger partial charge >= 0.3 is 0 Å². The molecule has 0 saturated heterocycles. The number of carbonyl (C=O) groups is 1. The van der Waals surface area contributed by atoms with E-state index in [4.69, 9.17) is 5.73 Å². The average molecular weight is 267 g/mol. The van der Waals surface area contributed by atoms with Gasteiger partial charge in [0.05, 0.1) is 6.04 Å². The van der Waals surface area contributed by atoms with E-state index in [2.05, 4.69) is 22.4 Å². The van der Waals surface area contributed by atoms with E-state index < -0.39 is 0 Å².